The Balaban J connectivity index is 2.13. The van der Waals surface area contributed by atoms with Gasteiger partial charge in [-0.2, -0.15) is 0 Å². The first kappa shape index (κ1) is 13.4. The van der Waals surface area contributed by atoms with Crippen LogP contribution in [-0.2, 0) is 6.42 Å². The summed E-state index contributed by atoms with van der Waals surface area (Å²) < 4.78 is 0. The van der Waals surface area contributed by atoms with Crippen LogP contribution in [0.1, 0.15) is 24.0 Å². The van der Waals surface area contributed by atoms with Crippen molar-refractivity contribution < 1.29 is 5.21 Å². The van der Waals surface area contributed by atoms with E-state index in [4.69, 9.17) is 10.9 Å². The highest BCUT2D eigenvalue weighted by atomic mass is 16.4. The lowest BCUT2D eigenvalue weighted by atomic mass is 10.1. The molecule has 3 rings (SSSR count). The minimum Gasteiger partial charge on any atom is -0.409 e. The number of oxime groups is 1. The molecule has 2 heterocycles. The number of aromatic nitrogens is 1. The van der Waals surface area contributed by atoms with Crippen molar-refractivity contribution in [2.75, 3.05) is 11.4 Å². The predicted molar refractivity (Wildman–Crippen MR) is 83.1 cm³/mol. The van der Waals surface area contributed by atoms with Gasteiger partial charge in [-0.1, -0.05) is 23.4 Å². The highest BCUT2D eigenvalue weighted by Gasteiger charge is 2.20. The number of aryl methyl sites for hydroxylation is 1. The Morgan fingerprint density at radius 3 is 2.90 bits per heavy atom. The van der Waals surface area contributed by atoms with Gasteiger partial charge in [0.2, 0.25) is 0 Å². The van der Waals surface area contributed by atoms with Crippen molar-refractivity contribution in [2.45, 2.75) is 19.3 Å². The molecule has 0 bridgehead atoms. The third kappa shape index (κ3) is 2.54. The van der Waals surface area contributed by atoms with E-state index in [-0.39, 0.29) is 5.84 Å². The number of hydrogen-bond donors (Lipinski definition) is 2. The lowest BCUT2D eigenvalue weighted by Crippen LogP contribution is -2.23. The number of pyridine rings is 1. The van der Waals surface area contributed by atoms with Crippen molar-refractivity contribution in [2.24, 2.45) is 10.9 Å². The quantitative estimate of drug-likeness (QED) is 0.384. The zero-order valence-electron chi connectivity index (χ0n) is 11.7. The Morgan fingerprint density at radius 2 is 2.05 bits per heavy atom. The summed E-state index contributed by atoms with van der Waals surface area (Å²) >= 11 is 0. The molecule has 0 atom stereocenters. The van der Waals surface area contributed by atoms with Crippen molar-refractivity contribution in [3.8, 4) is 0 Å². The molecule has 1 aliphatic heterocycles. The molecule has 1 aromatic carbocycles. The molecule has 3 N–H and O–H groups in total. The average molecular weight is 282 g/mol. The van der Waals surface area contributed by atoms with Gasteiger partial charge >= 0.3 is 0 Å². The number of para-hydroxylation sites is 1. The van der Waals surface area contributed by atoms with E-state index in [9.17, 15) is 0 Å². The Bertz CT molecular complexity index is 669. The molecule has 1 aromatic heterocycles. The molecular weight excluding hydrogens is 264 g/mol. The van der Waals surface area contributed by atoms with Crippen molar-refractivity contribution in [3.05, 3.63) is 53.9 Å². The van der Waals surface area contributed by atoms with Gasteiger partial charge in [0, 0.05) is 24.0 Å². The molecule has 5 nitrogen and oxygen atoms in total. The lowest BCUT2D eigenvalue weighted by molar-refractivity contribution is 0.318. The molecule has 0 radical (unpaired) electrons. The minimum absolute atomic E-state index is 0.106. The average Bonchev–Trinajstić information content (AvgIpc) is 2.76. The van der Waals surface area contributed by atoms with Crippen LogP contribution in [0.5, 0.6) is 0 Å². The maximum absolute atomic E-state index is 8.99. The van der Waals surface area contributed by atoms with Crippen LogP contribution < -0.4 is 10.6 Å². The van der Waals surface area contributed by atoms with E-state index >= 15 is 0 Å². The number of hydrogen-bond acceptors (Lipinski definition) is 4. The van der Waals surface area contributed by atoms with Crippen LogP contribution in [0.15, 0.2) is 47.9 Å². The Hall–Kier alpha value is -2.56. The van der Waals surface area contributed by atoms with Gasteiger partial charge in [0.1, 0.15) is 0 Å². The summed E-state index contributed by atoms with van der Waals surface area (Å²) in [5.41, 5.74) is 9.88. The first-order valence-corrected chi connectivity index (χ1v) is 7.08. The zero-order chi connectivity index (χ0) is 14.7. The van der Waals surface area contributed by atoms with Gasteiger partial charge in [-0.15, -0.1) is 0 Å². The smallest absolute Gasteiger partial charge is 0.172 e. The highest BCUT2D eigenvalue weighted by molar-refractivity contribution is 6.02. The minimum atomic E-state index is 0.106. The van der Waals surface area contributed by atoms with Gasteiger partial charge in [-0.05, 0) is 37.0 Å². The van der Waals surface area contributed by atoms with E-state index in [1.165, 1.54) is 11.3 Å². The van der Waals surface area contributed by atoms with Crippen LogP contribution in [0.4, 0.5) is 11.4 Å². The fraction of sp³-hybridized carbons (Fsp3) is 0.250. The lowest BCUT2D eigenvalue weighted by Gasteiger charge is -2.26. The Labute approximate surface area is 123 Å². The molecule has 0 spiro atoms. The summed E-state index contributed by atoms with van der Waals surface area (Å²) in [5.74, 6) is 0.106. The fourth-order valence-corrected chi connectivity index (χ4v) is 2.81. The molecule has 2 aromatic rings. The third-order valence-electron chi connectivity index (χ3n) is 3.83. The second kappa shape index (κ2) is 5.83. The van der Waals surface area contributed by atoms with Crippen molar-refractivity contribution in [1.82, 2.24) is 4.98 Å². The SMILES string of the molecule is N/C(=N/O)c1ccncc1N1CCCCc2ccccc21. The number of nitrogens with zero attached hydrogens (tertiary/aromatic N) is 3. The largest absolute Gasteiger partial charge is 0.409 e. The predicted octanol–water partition coefficient (Wildman–Crippen LogP) is 2.65. The van der Waals surface area contributed by atoms with E-state index in [1.54, 1.807) is 18.5 Å². The van der Waals surface area contributed by atoms with E-state index < -0.39 is 0 Å². The van der Waals surface area contributed by atoms with E-state index in [2.05, 4.69) is 33.2 Å². The van der Waals surface area contributed by atoms with Crippen LogP contribution >= 0.6 is 0 Å². The molecule has 0 fully saturated rings. The van der Waals surface area contributed by atoms with Crippen molar-refractivity contribution in [1.29, 1.82) is 0 Å². The van der Waals surface area contributed by atoms with E-state index in [1.807, 2.05) is 6.07 Å². The molecule has 5 heteroatoms. The summed E-state index contributed by atoms with van der Waals surface area (Å²) in [4.78, 5) is 6.42. The number of amidine groups is 1. The maximum Gasteiger partial charge on any atom is 0.172 e. The summed E-state index contributed by atoms with van der Waals surface area (Å²) in [7, 11) is 0. The van der Waals surface area contributed by atoms with Crippen LogP contribution in [0.25, 0.3) is 0 Å². The standard InChI is InChI=1S/C16H18N4O/c17-16(19-21)13-8-9-18-11-15(13)20-10-4-3-6-12-5-1-2-7-14(12)20/h1-2,5,7-9,11,21H,3-4,6,10H2,(H2,17,19). The van der Waals surface area contributed by atoms with Gasteiger partial charge in [0.15, 0.2) is 5.84 Å². The summed E-state index contributed by atoms with van der Waals surface area (Å²) in [5, 5.41) is 12.1. The van der Waals surface area contributed by atoms with Crippen LogP contribution in [0.2, 0.25) is 0 Å². The van der Waals surface area contributed by atoms with Crippen molar-refractivity contribution >= 4 is 17.2 Å². The highest BCUT2D eigenvalue weighted by Crippen LogP contribution is 2.33. The van der Waals surface area contributed by atoms with E-state index in [0.29, 0.717) is 5.56 Å². The van der Waals surface area contributed by atoms with Crippen LogP contribution in [-0.4, -0.2) is 22.6 Å². The second-order valence-corrected chi connectivity index (χ2v) is 5.12. The van der Waals surface area contributed by atoms with Crippen molar-refractivity contribution in [3.63, 3.8) is 0 Å². The molecule has 0 saturated carbocycles. The van der Waals surface area contributed by atoms with Gasteiger partial charge in [-0.3, -0.25) is 4.98 Å². The topological polar surface area (TPSA) is 74.7 Å². The number of anilines is 2. The molecular formula is C16H18N4O. The van der Waals surface area contributed by atoms with Gasteiger partial charge in [-0.25, -0.2) is 0 Å². The number of benzene rings is 1. The summed E-state index contributed by atoms with van der Waals surface area (Å²) in [6.45, 7) is 0.897. The number of rotatable bonds is 2. The second-order valence-electron chi connectivity index (χ2n) is 5.12. The van der Waals surface area contributed by atoms with Crippen LogP contribution in [0.3, 0.4) is 0 Å². The molecule has 0 saturated heterocycles. The maximum atomic E-state index is 8.99. The summed E-state index contributed by atoms with van der Waals surface area (Å²) in [6, 6.07) is 10.2. The van der Waals surface area contributed by atoms with Gasteiger partial charge in [0.25, 0.3) is 0 Å². The van der Waals surface area contributed by atoms with E-state index in [0.717, 1.165) is 31.5 Å². The van der Waals surface area contributed by atoms with Gasteiger partial charge < -0.3 is 15.8 Å². The Morgan fingerprint density at radius 1 is 1.19 bits per heavy atom. The number of nitrogens with two attached hydrogens (primary N) is 1. The fourth-order valence-electron chi connectivity index (χ4n) is 2.81. The summed E-state index contributed by atoms with van der Waals surface area (Å²) in [6.07, 6.45) is 6.76. The van der Waals surface area contributed by atoms with Crippen LogP contribution in [0, 0.1) is 0 Å². The normalized spacial score (nSPS) is 15.4. The third-order valence-corrected chi connectivity index (χ3v) is 3.83. The van der Waals surface area contributed by atoms with Gasteiger partial charge in [0.05, 0.1) is 11.9 Å². The molecule has 0 amide bonds. The number of fused-ring (bicyclic) bond motifs is 1. The molecule has 108 valence electrons. The monoisotopic (exact) mass is 282 g/mol. The molecule has 0 unspecified atom stereocenters. The molecule has 21 heavy (non-hydrogen) atoms. The Kier molecular flexibility index (Phi) is 3.73. The molecule has 1 aliphatic rings. The molecule has 0 aliphatic carbocycles. The first-order chi connectivity index (χ1) is 10.3. The first-order valence-electron chi connectivity index (χ1n) is 7.08. The zero-order valence-corrected chi connectivity index (χ0v) is 11.7.